The van der Waals surface area contributed by atoms with Crippen LogP contribution in [0.2, 0.25) is 0 Å². The van der Waals surface area contributed by atoms with Crippen LogP contribution >= 0.6 is 0 Å². The molecule has 2 amide bonds. The number of rotatable bonds is 2. The Morgan fingerprint density at radius 2 is 2.11 bits per heavy atom. The van der Waals surface area contributed by atoms with E-state index in [9.17, 15) is 9.59 Å². The van der Waals surface area contributed by atoms with Crippen LogP contribution in [0.15, 0.2) is 18.2 Å². The number of imide groups is 1. The first-order valence-electron chi connectivity index (χ1n) is 5.92. The van der Waals surface area contributed by atoms with E-state index in [2.05, 4.69) is 10.3 Å². The van der Waals surface area contributed by atoms with E-state index in [1.165, 1.54) is 4.90 Å². The summed E-state index contributed by atoms with van der Waals surface area (Å²) < 4.78 is 0. The molecule has 1 fully saturated rings. The van der Waals surface area contributed by atoms with E-state index in [0.717, 1.165) is 11.4 Å². The molecular formula is C13H17N3O2. The van der Waals surface area contributed by atoms with Crippen molar-refractivity contribution in [2.24, 2.45) is 0 Å². The van der Waals surface area contributed by atoms with Gasteiger partial charge in [0.2, 0.25) is 11.8 Å². The third-order valence-corrected chi connectivity index (χ3v) is 3.03. The van der Waals surface area contributed by atoms with Gasteiger partial charge in [-0.3, -0.25) is 24.8 Å². The van der Waals surface area contributed by atoms with Gasteiger partial charge in [0.1, 0.15) is 0 Å². The molecule has 1 N–H and O–H groups in total. The number of nitrogens with zero attached hydrogens (tertiary/aromatic N) is 2. The lowest BCUT2D eigenvalue weighted by molar-refractivity contribution is -0.153. The van der Waals surface area contributed by atoms with Crippen LogP contribution in [0.3, 0.4) is 0 Å². The minimum atomic E-state index is -0.697. The molecule has 1 aromatic heterocycles. The minimum absolute atomic E-state index is 0.185. The maximum atomic E-state index is 12.2. The lowest BCUT2D eigenvalue weighted by Crippen LogP contribution is -2.63. The van der Waals surface area contributed by atoms with Gasteiger partial charge in [-0.05, 0) is 32.9 Å². The molecule has 1 aromatic rings. The summed E-state index contributed by atoms with van der Waals surface area (Å²) >= 11 is 0. The summed E-state index contributed by atoms with van der Waals surface area (Å²) in [5, 5.41) is 2.92. The Kier molecular flexibility index (Phi) is 3.17. The summed E-state index contributed by atoms with van der Waals surface area (Å²) in [6.45, 7) is 5.86. The van der Waals surface area contributed by atoms with Crippen LogP contribution in [0.25, 0.3) is 0 Å². The molecule has 0 aliphatic carbocycles. The first-order valence-corrected chi connectivity index (χ1v) is 5.92. The molecule has 0 aromatic carbocycles. The summed E-state index contributed by atoms with van der Waals surface area (Å²) in [5.74, 6) is -0.412. The van der Waals surface area contributed by atoms with Crippen molar-refractivity contribution < 1.29 is 9.59 Å². The quantitative estimate of drug-likeness (QED) is 0.778. The summed E-state index contributed by atoms with van der Waals surface area (Å²) in [5.41, 5.74) is 0.911. The van der Waals surface area contributed by atoms with Crippen LogP contribution in [0.1, 0.15) is 25.2 Å². The predicted molar refractivity (Wildman–Crippen MR) is 66.6 cm³/mol. The minimum Gasteiger partial charge on any atom is -0.295 e. The lowest BCUT2D eigenvalue weighted by atomic mass is 10.0. The zero-order chi connectivity index (χ0) is 13.3. The molecule has 5 heteroatoms. The normalized spacial score (nSPS) is 19.2. The lowest BCUT2D eigenvalue weighted by Gasteiger charge is -2.36. The van der Waals surface area contributed by atoms with Crippen molar-refractivity contribution in [3.8, 4) is 0 Å². The monoisotopic (exact) mass is 247 g/mol. The zero-order valence-electron chi connectivity index (χ0n) is 10.9. The Labute approximate surface area is 106 Å². The molecule has 2 heterocycles. The van der Waals surface area contributed by atoms with Gasteiger partial charge in [0.05, 0.1) is 24.3 Å². The van der Waals surface area contributed by atoms with E-state index in [1.54, 1.807) is 13.8 Å². The van der Waals surface area contributed by atoms with E-state index in [0.29, 0.717) is 0 Å². The molecule has 0 bridgehead atoms. The van der Waals surface area contributed by atoms with Crippen molar-refractivity contribution in [2.45, 2.75) is 32.9 Å². The van der Waals surface area contributed by atoms with Crippen LogP contribution in [0, 0.1) is 6.92 Å². The molecule has 1 aliphatic heterocycles. The molecule has 96 valence electrons. The van der Waals surface area contributed by atoms with Gasteiger partial charge in [0.15, 0.2) is 0 Å². The number of nitrogens with one attached hydrogen (secondary N) is 1. The van der Waals surface area contributed by atoms with Gasteiger partial charge in [-0.15, -0.1) is 0 Å². The van der Waals surface area contributed by atoms with Gasteiger partial charge in [-0.2, -0.15) is 0 Å². The highest BCUT2D eigenvalue weighted by molar-refractivity contribution is 6.02. The van der Waals surface area contributed by atoms with Crippen molar-refractivity contribution in [1.29, 1.82) is 0 Å². The second kappa shape index (κ2) is 4.49. The number of piperazine rings is 1. The molecule has 2 rings (SSSR count). The Balaban J connectivity index is 2.21. The molecule has 0 unspecified atom stereocenters. The third-order valence-electron chi connectivity index (χ3n) is 3.03. The maximum absolute atomic E-state index is 12.2. The third kappa shape index (κ3) is 2.41. The summed E-state index contributed by atoms with van der Waals surface area (Å²) in [7, 11) is 0. The van der Waals surface area contributed by atoms with E-state index in [-0.39, 0.29) is 24.9 Å². The van der Waals surface area contributed by atoms with E-state index < -0.39 is 5.54 Å². The number of aryl methyl sites for hydroxylation is 1. The van der Waals surface area contributed by atoms with Crippen molar-refractivity contribution >= 4 is 11.8 Å². The fourth-order valence-corrected chi connectivity index (χ4v) is 1.93. The first kappa shape index (κ1) is 12.7. The first-order chi connectivity index (χ1) is 8.40. The average Bonchev–Trinajstić information content (AvgIpc) is 2.31. The van der Waals surface area contributed by atoms with Gasteiger partial charge in [-0.1, -0.05) is 6.07 Å². The number of aromatic nitrogens is 1. The smallest absolute Gasteiger partial charge is 0.249 e. The molecule has 0 saturated carbocycles. The Bertz CT molecular complexity index is 497. The highest BCUT2D eigenvalue weighted by Gasteiger charge is 2.39. The Hall–Kier alpha value is -1.75. The van der Waals surface area contributed by atoms with Gasteiger partial charge < -0.3 is 0 Å². The van der Waals surface area contributed by atoms with Crippen LogP contribution in [-0.4, -0.2) is 33.8 Å². The van der Waals surface area contributed by atoms with Crippen LogP contribution in [0.5, 0.6) is 0 Å². The maximum Gasteiger partial charge on any atom is 0.249 e. The second-order valence-corrected chi connectivity index (χ2v) is 5.03. The molecule has 5 nitrogen and oxygen atoms in total. The molecule has 18 heavy (non-hydrogen) atoms. The number of carbonyl (C=O) groups excluding carboxylic acids is 2. The second-order valence-electron chi connectivity index (χ2n) is 5.03. The summed E-state index contributed by atoms with van der Waals surface area (Å²) in [4.78, 5) is 29.6. The van der Waals surface area contributed by atoms with Crippen molar-refractivity contribution in [2.75, 3.05) is 6.54 Å². The highest BCUT2D eigenvalue weighted by atomic mass is 16.2. The Morgan fingerprint density at radius 3 is 2.78 bits per heavy atom. The van der Waals surface area contributed by atoms with Crippen molar-refractivity contribution in [3.05, 3.63) is 29.6 Å². The van der Waals surface area contributed by atoms with Crippen LogP contribution in [-0.2, 0) is 16.1 Å². The van der Waals surface area contributed by atoms with Gasteiger partial charge >= 0.3 is 0 Å². The molecule has 0 radical (unpaired) electrons. The Morgan fingerprint density at radius 1 is 1.39 bits per heavy atom. The fourth-order valence-electron chi connectivity index (χ4n) is 1.93. The molecule has 0 atom stereocenters. The van der Waals surface area contributed by atoms with E-state index in [4.69, 9.17) is 0 Å². The molecule has 1 saturated heterocycles. The SMILES string of the molecule is Cc1cccc(CN2C(=O)CNC(C)(C)C2=O)n1. The van der Waals surface area contributed by atoms with E-state index >= 15 is 0 Å². The number of hydrogen-bond donors (Lipinski definition) is 1. The zero-order valence-corrected chi connectivity index (χ0v) is 10.9. The molecule has 0 spiro atoms. The van der Waals surface area contributed by atoms with Gasteiger partial charge in [0.25, 0.3) is 0 Å². The predicted octanol–water partition coefficient (Wildman–Crippen LogP) is 0.627. The number of carbonyl (C=O) groups is 2. The van der Waals surface area contributed by atoms with Gasteiger partial charge in [-0.25, -0.2) is 0 Å². The number of hydrogen-bond acceptors (Lipinski definition) is 4. The van der Waals surface area contributed by atoms with Crippen molar-refractivity contribution in [1.82, 2.24) is 15.2 Å². The fraction of sp³-hybridized carbons (Fsp3) is 0.462. The standard InChI is InChI=1S/C13H17N3O2/c1-9-5-4-6-10(15-9)8-16-11(17)7-14-13(2,3)12(16)18/h4-6,14H,7-8H2,1-3H3. The summed E-state index contributed by atoms with van der Waals surface area (Å²) in [6, 6.07) is 5.58. The van der Waals surface area contributed by atoms with E-state index in [1.807, 2.05) is 25.1 Å². The largest absolute Gasteiger partial charge is 0.295 e. The topological polar surface area (TPSA) is 62.3 Å². The summed E-state index contributed by atoms with van der Waals surface area (Å²) in [6.07, 6.45) is 0. The molecule has 1 aliphatic rings. The van der Waals surface area contributed by atoms with Crippen LogP contribution in [0.4, 0.5) is 0 Å². The number of pyridine rings is 1. The average molecular weight is 247 g/mol. The van der Waals surface area contributed by atoms with Gasteiger partial charge in [0, 0.05) is 5.69 Å². The van der Waals surface area contributed by atoms with Crippen molar-refractivity contribution in [3.63, 3.8) is 0 Å². The highest BCUT2D eigenvalue weighted by Crippen LogP contribution is 2.15. The molecular weight excluding hydrogens is 230 g/mol. The number of amides is 2. The van der Waals surface area contributed by atoms with Crippen LogP contribution < -0.4 is 5.32 Å².